The van der Waals surface area contributed by atoms with Gasteiger partial charge in [-0.15, -0.1) is 24.0 Å². The molecule has 8 heteroatoms. The number of rotatable bonds is 7. The summed E-state index contributed by atoms with van der Waals surface area (Å²) >= 11 is 0. The normalized spacial score (nSPS) is 14.3. The number of benzene rings is 2. The maximum atomic E-state index is 12.1. The number of guanidine groups is 1. The first-order valence-electron chi connectivity index (χ1n) is 10.6. The third kappa shape index (κ3) is 7.89. The maximum Gasteiger partial charge on any atom is 0.241 e. The summed E-state index contributed by atoms with van der Waals surface area (Å²) in [5.41, 5.74) is 1.08. The summed E-state index contributed by atoms with van der Waals surface area (Å²) < 4.78 is 11.3. The number of nitrogens with one attached hydrogen (secondary N) is 1. The molecule has 0 radical (unpaired) electrons. The van der Waals surface area contributed by atoms with E-state index < -0.39 is 0 Å². The fourth-order valence-electron chi connectivity index (χ4n) is 3.35. The number of methoxy groups -OCH3 is 1. The van der Waals surface area contributed by atoms with Crippen LogP contribution in [0.5, 0.6) is 11.5 Å². The third-order valence-corrected chi connectivity index (χ3v) is 5.25. The van der Waals surface area contributed by atoms with Crippen LogP contribution >= 0.6 is 24.0 Å². The van der Waals surface area contributed by atoms with Crippen molar-refractivity contribution in [3.8, 4) is 11.5 Å². The monoisotopic (exact) mass is 552 g/mol. The zero-order chi connectivity index (χ0) is 22.1. The van der Waals surface area contributed by atoms with Crippen LogP contribution in [0.1, 0.15) is 18.4 Å². The van der Waals surface area contributed by atoms with E-state index in [9.17, 15) is 4.79 Å². The Labute approximate surface area is 207 Å². The summed E-state index contributed by atoms with van der Waals surface area (Å²) in [4.78, 5) is 20.7. The fraction of sp³-hybridized carbons (Fsp3) is 0.417. The second kappa shape index (κ2) is 13.1. The Morgan fingerprint density at radius 3 is 2.31 bits per heavy atom. The number of carbonyl (C=O) groups is 1. The summed E-state index contributed by atoms with van der Waals surface area (Å²) in [6.07, 6.45) is 1.99. The van der Waals surface area contributed by atoms with Gasteiger partial charge in [0.1, 0.15) is 17.6 Å². The van der Waals surface area contributed by atoms with E-state index in [0.29, 0.717) is 6.54 Å². The number of hydrogen-bond acceptors (Lipinski definition) is 4. The topological polar surface area (TPSA) is 66.4 Å². The third-order valence-electron chi connectivity index (χ3n) is 5.25. The molecule has 1 fully saturated rings. The largest absolute Gasteiger partial charge is 0.497 e. The first-order valence-corrected chi connectivity index (χ1v) is 10.6. The summed E-state index contributed by atoms with van der Waals surface area (Å²) in [6.45, 7) is 2.39. The van der Waals surface area contributed by atoms with E-state index in [4.69, 9.17) is 14.5 Å². The summed E-state index contributed by atoms with van der Waals surface area (Å²) in [5, 5.41) is 3.25. The van der Waals surface area contributed by atoms with Crippen LogP contribution in [-0.2, 0) is 11.3 Å². The number of para-hydroxylation sites is 1. The minimum absolute atomic E-state index is 0. The molecule has 1 heterocycles. The first kappa shape index (κ1) is 25.8. The number of halogens is 1. The molecule has 1 saturated heterocycles. The van der Waals surface area contributed by atoms with Gasteiger partial charge in [-0.3, -0.25) is 4.79 Å². The van der Waals surface area contributed by atoms with E-state index >= 15 is 0 Å². The van der Waals surface area contributed by atoms with Gasteiger partial charge in [0.25, 0.3) is 0 Å². The molecule has 0 spiro atoms. The molecule has 0 atom stereocenters. The molecule has 174 valence electrons. The van der Waals surface area contributed by atoms with E-state index in [0.717, 1.165) is 49.0 Å². The Morgan fingerprint density at radius 2 is 1.72 bits per heavy atom. The van der Waals surface area contributed by atoms with Crippen molar-refractivity contribution in [2.24, 2.45) is 4.99 Å². The van der Waals surface area contributed by atoms with Crippen molar-refractivity contribution in [1.82, 2.24) is 15.1 Å². The molecule has 32 heavy (non-hydrogen) atoms. The molecule has 2 aromatic carbocycles. The number of likely N-dealkylation sites (N-methyl/N-ethyl adjacent to an activating group) is 1. The van der Waals surface area contributed by atoms with Crippen molar-refractivity contribution in [2.45, 2.75) is 25.5 Å². The Kier molecular flexibility index (Phi) is 10.6. The molecule has 1 amide bonds. The standard InChI is InChI=1S/C24H32N4O3.HI/c1-27(2)23(29)18-26-24(25-17-19-9-11-20(30-3)12-10-19)28-15-13-22(14-16-28)31-21-7-5-4-6-8-21;/h4-12,22H,13-18H2,1-3H3,(H,25,26);1H. The number of amides is 1. The molecule has 1 aliphatic rings. The van der Waals surface area contributed by atoms with Gasteiger partial charge in [-0.25, -0.2) is 4.99 Å². The fourth-order valence-corrected chi connectivity index (χ4v) is 3.35. The van der Waals surface area contributed by atoms with Crippen LogP contribution in [0.25, 0.3) is 0 Å². The zero-order valence-electron chi connectivity index (χ0n) is 19.0. The smallest absolute Gasteiger partial charge is 0.241 e. The van der Waals surface area contributed by atoms with Crippen LogP contribution in [-0.4, -0.2) is 68.6 Å². The molecule has 0 saturated carbocycles. The lowest BCUT2D eigenvalue weighted by molar-refractivity contribution is -0.127. The molecular weight excluding hydrogens is 519 g/mol. The molecule has 2 aromatic rings. The van der Waals surface area contributed by atoms with Gasteiger partial charge in [0.15, 0.2) is 5.96 Å². The zero-order valence-corrected chi connectivity index (χ0v) is 21.3. The Bertz CT molecular complexity index is 851. The highest BCUT2D eigenvalue weighted by Gasteiger charge is 2.23. The predicted molar refractivity (Wildman–Crippen MR) is 138 cm³/mol. The second-order valence-corrected chi connectivity index (χ2v) is 7.75. The maximum absolute atomic E-state index is 12.1. The Hall–Kier alpha value is -2.49. The molecule has 7 nitrogen and oxygen atoms in total. The van der Waals surface area contributed by atoms with Crippen LogP contribution in [0, 0.1) is 0 Å². The highest BCUT2D eigenvalue weighted by atomic mass is 127. The molecule has 1 N–H and O–H groups in total. The minimum atomic E-state index is 0. The van der Waals surface area contributed by atoms with Crippen LogP contribution < -0.4 is 14.8 Å². The van der Waals surface area contributed by atoms with E-state index in [1.807, 2.05) is 54.6 Å². The van der Waals surface area contributed by atoms with Crippen molar-refractivity contribution in [3.05, 3.63) is 60.2 Å². The molecule has 3 rings (SSSR count). The molecule has 0 aromatic heterocycles. The van der Waals surface area contributed by atoms with Crippen molar-refractivity contribution < 1.29 is 14.3 Å². The van der Waals surface area contributed by atoms with Crippen molar-refractivity contribution >= 4 is 35.8 Å². The van der Waals surface area contributed by atoms with Crippen molar-refractivity contribution in [1.29, 1.82) is 0 Å². The number of ether oxygens (including phenoxy) is 2. The molecule has 0 unspecified atom stereocenters. The van der Waals surface area contributed by atoms with E-state index in [1.54, 1.807) is 26.1 Å². The number of nitrogens with zero attached hydrogens (tertiary/aromatic N) is 3. The molecule has 0 bridgehead atoms. The van der Waals surface area contributed by atoms with Crippen molar-refractivity contribution in [2.75, 3.05) is 40.8 Å². The average molecular weight is 552 g/mol. The summed E-state index contributed by atoms with van der Waals surface area (Å²) in [6, 6.07) is 17.8. The lowest BCUT2D eigenvalue weighted by atomic mass is 10.1. The quantitative estimate of drug-likeness (QED) is 0.324. The van der Waals surface area contributed by atoms with Crippen LogP contribution in [0.3, 0.4) is 0 Å². The van der Waals surface area contributed by atoms with Gasteiger partial charge in [0, 0.05) is 40.0 Å². The van der Waals surface area contributed by atoms with Gasteiger partial charge in [-0.1, -0.05) is 30.3 Å². The number of likely N-dealkylation sites (tertiary alicyclic amines) is 1. The summed E-state index contributed by atoms with van der Waals surface area (Å²) in [5.74, 6) is 2.50. The molecular formula is C24H33IN4O3. The highest BCUT2D eigenvalue weighted by molar-refractivity contribution is 14.0. The van der Waals surface area contributed by atoms with Gasteiger partial charge in [0.05, 0.1) is 20.2 Å². The summed E-state index contributed by atoms with van der Waals surface area (Å²) in [7, 11) is 5.16. The van der Waals surface area contributed by atoms with Crippen molar-refractivity contribution in [3.63, 3.8) is 0 Å². The van der Waals surface area contributed by atoms with Gasteiger partial charge in [-0.05, 0) is 29.8 Å². The van der Waals surface area contributed by atoms with Gasteiger partial charge in [-0.2, -0.15) is 0 Å². The predicted octanol–water partition coefficient (Wildman–Crippen LogP) is 3.39. The Morgan fingerprint density at radius 1 is 1.06 bits per heavy atom. The Balaban J connectivity index is 0.00000363. The lowest BCUT2D eigenvalue weighted by Gasteiger charge is -2.34. The molecule has 1 aliphatic heterocycles. The number of piperidine rings is 1. The van der Waals surface area contributed by atoms with E-state index in [2.05, 4.69) is 10.2 Å². The van der Waals surface area contributed by atoms with Gasteiger partial charge >= 0.3 is 0 Å². The number of carbonyl (C=O) groups excluding carboxylic acids is 1. The average Bonchev–Trinajstić information content (AvgIpc) is 2.80. The first-order chi connectivity index (χ1) is 15.0. The van der Waals surface area contributed by atoms with Crippen LogP contribution in [0.2, 0.25) is 0 Å². The van der Waals surface area contributed by atoms with E-state index in [-0.39, 0.29) is 42.5 Å². The SMILES string of the molecule is COc1ccc(CN=C(NCC(=O)N(C)C)N2CCC(Oc3ccccc3)CC2)cc1.I. The van der Waals surface area contributed by atoms with Gasteiger partial charge < -0.3 is 24.6 Å². The lowest BCUT2D eigenvalue weighted by Crippen LogP contribution is -2.49. The van der Waals surface area contributed by atoms with Gasteiger partial charge in [0.2, 0.25) is 5.91 Å². The van der Waals surface area contributed by atoms with E-state index in [1.165, 1.54) is 0 Å². The second-order valence-electron chi connectivity index (χ2n) is 7.75. The van der Waals surface area contributed by atoms with Crippen LogP contribution in [0.4, 0.5) is 0 Å². The number of aliphatic imine (C=N–C) groups is 1. The minimum Gasteiger partial charge on any atom is -0.497 e. The number of hydrogen-bond donors (Lipinski definition) is 1. The van der Waals surface area contributed by atoms with Crippen LogP contribution in [0.15, 0.2) is 59.6 Å². The molecule has 0 aliphatic carbocycles. The highest BCUT2D eigenvalue weighted by Crippen LogP contribution is 2.19.